The number of esters is 1. The molecule has 1 saturated carbocycles. The van der Waals surface area contributed by atoms with Gasteiger partial charge in [-0.25, -0.2) is 0 Å². The zero-order valence-electron chi connectivity index (χ0n) is 18.1. The van der Waals surface area contributed by atoms with Gasteiger partial charge in [0.15, 0.2) is 14.1 Å². The topological polar surface area (TPSA) is 81.7 Å². The van der Waals surface area contributed by atoms with Crippen LogP contribution in [-0.4, -0.2) is 44.7 Å². The van der Waals surface area contributed by atoms with Gasteiger partial charge in [0.25, 0.3) is 0 Å². The Kier molecular flexibility index (Phi) is 6.60. The fourth-order valence-corrected chi connectivity index (χ4v) is 5.44. The molecule has 1 aliphatic heterocycles. The van der Waals surface area contributed by atoms with Gasteiger partial charge in [-0.1, -0.05) is 39.8 Å². The van der Waals surface area contributed by atoms with Crippen molar-refractivity contribution >= 4 is 26.0 Å². The predicted octanol–water partition coefficient (Wildman–Crippen LogP) is 3.37. The first-order chi connectivity index (χ1) is 12.9. The van der Waals surface area contributed by atoms with Crippen LogP contribution in [0.1, 0.15) is 53.4 Å². The third-order valence-corrected chi connectivity index (χ3v) is 11.3. The van der Waals surface area contributed by atoms with E-state index in [0.29, 0.717) is 12.8 Å². The van der Waals surface area contributed by atoms with Crippen molar-refractivity contribution in [3.63, 3.8) is 0 Å². The van der Waals surface area contributed by atoms with Crippen LogP contribution in [0.15, 0.2) is 12.7 Å². The number of hydrogen-bond donors (Lipinski definition) is 1. The molecule has 28 heavy (non-hydrogen) atoms. The van der Waals surface area contributed by atoms with Crippen LogP contribution in [0.3, 0.4) is 0 Å². The highest BCUT2D eigenvalue weighted by Crippen LogP contribution is 2.46. The van der Waals surface area contributed by atoms with Gasteiger partial charge in [-0.3, -0.25) is 14.4 Å². The van der Waals surface area contributed by atoms with E-state index in [-0.39, 0.29) is 29.4 Å². The minimum absolute atomic E-state index is 0.00177. The number of carbonyl (C=O) groups excluding carboxylic acids is 3. The van der Waals surface area contributed by atoms with Gasteiger partial charge >= 0.3 is 5.97 Å². The number of amides is 1. The van der Waals surface area contributed by atoms with Crippen molar-refractivity contribution < 1.29 is 23.5 Å². The van der Waals surface area contributed by atoms with Crippen molar-refractivity contribution in [3.8, 4) is 0 Å². The summed E-state index contributed by atoms with van der Waals surface area (Å²) in [7, 11) is -2.11. The highest BCUT2D eigenvalue weighted by atomic mass is 28.4. The minimum atomic E-state index is -2.11. The van der Waals surface area contributed by atoms with E-state index < -0.39 is 31.7 Å². The molecule has 0 aromatic heterocycles. The van der Waals surface area contributed by atoms with Gasteiger partial charge in [-0.05, 0) is 37.9 Å². The largest absolute Gasteiger partial charge is 0.461 e. The predicted molar refractivity (Wildman–Crippen MR) is 110 cm³/mol. The summed E-state index contributed by atoms with van der Waals surface area (Å²) in [5.41, 5.74) is -1.31. The molecule has 1 N–H and O–H groups in total. The Labute approximate surface area is 169 Å². The first-order valence-electron chi connectivity index (χ1n) is 10.2. The second-order valence-corrected chi connectivity index (χ2v) is 14.3. The van der Waals surface area contributed by atoms with Crippen LogP contribution >= 0.6 is 0 Å². The summed E-state index contributed by atoms with van der Waals surface area (Å²) in [6.07, 6.45) is 3.36. The van der Waals surface area contributed by atoms with E-state index >= 15 is 0 Å². The van der Waals surface area contributed by atoms with Crippen LogP contribution < -0.4 is 5.32 Å². The summed E-state index contributed by atoms with van der Waals surface area (Å²) in [4.78, 5) is 38.4. The molecule has 0 bridgehead atoms. The maximum absolute atomic E-state index is 13.0. The van der Waals surface area contributed by atoms with Gasteiger partial charge in [0.1, 0.15) is 12.0 Å². The average Bonchev–Trinajstić information content (AvgIpc) is 2.56. The molecule has 1 heterocycles. The highest BCUT2D eigenvalue weighted by molar-refractivity contribution is 6.74. The molecule has 1 aliphatic carbocycles. The zero-order valence-corrected chi connectivity index (χ0v) is 19.1. The lowest BCUT2D eigenvalue weighted by molar-refractivity contribution is -0.172. The Hall–Kier alpha value is -1.47. The molecule has 0 unspecified atom stereocenters. The second kappa shape index (κ2) is 8.11. The molecule has 0 aromatic carbocycles. The van der Waals surface area contributed by atoms with E-state index in [2.05, 4.69) is 45.8 Å². The smallest absolute Gasteiger partial charge is 0.322 e. The van der Waals surface area contributed by atoms with Gasteiger partial charge in [0, 0.05) is 6.42 Å². The summed E-state index contributed by atoms with van der Waals surface area (Å²) in [6, 6.07) is -0.579. The number of β-lactam (4-membered cyclic amide) rings is 1. The van der Waals surface area contributed by atoms with Gasteiger partial charge in [-0.15, -0.1) is 0 Å². The molecular formula is C21H35NO5Si. The maximum Gasteiger partial charge on any atom is 0.322 e. The molecule has 1 amide bonds. The summed E-state index contributed by atoms with van der Waals surface area (Å²) in [5.74, 6) is -1.38. The van der Waals surface area contributed by atoms with Crippen molar-refractivity contribution in [1.29, 1.82) is 0 Å². The molecule has 6 nitrogen and oxygen atoms in total. The summed E-state index contributed by atoms with van der Waals surface area (Å²) < 4.78 is 11.8. The number of nitrogens with one attached hydrogen (secondary N) is 1. The third-order valence-electron chi connectivity index (χ3n) is 6.70. The highest BCUT2D eigenvalue weighted by Gasteiger charge is 2.63. The number of hydrogen-bond acceptors (Lipinski definition) is 5. The van der Waals surface area contributed by atoms with Crippen LogP contribution in [0.2, 0.25) is 18.1 Å². The van der Waals surface area contributed by atoms with Gasteiger partial charge < -0.3 is 14.5 Å². The first-order valence-corrected chi connectivity index (χ1v) is 13.1. The van der Waals surface area contributed by atoms with Crippen molar-refractivity contribution in [2.75, 3.05) is 6.61 Å². The molecule has 0 radical (unpaired) electrons. The molecule has 7 heteroatoms. The Balaban J connectivity index is 2.31. The molecule has 2 rings (SSSR count). The van der Waals surface area contributed by atoms with Crippen LogP contribution in [0.5, 0.6) is 0 Å². The Bertz CT molecular complexity index is 654. The lowest BCUT2D eigenvalue weighted by Gasteiger charge is -2.51. The molecule has 4 atom stereocenters. The summed E-state index contributed by atoms with van der Waals surface area (Å²) in [5, 5.41) is 2.84. The lowest BCUT2D eigenvalue weighted by atomic mass is 9.61. The Morgan fingerprint density at radius 3 is 2.50 bits per heavy atom. The summed E-state index contributed by atoms with van der Waals surface area (Å²) in [6.45, 7) is 16.2. The number of carbonyl (C=O) groups is 3. The van der Waals surface area contributed by atoms with E-state index in [4.69, 9.17) is 9.16 Å². The zero-order chi connectivity index (χ0) is 21.3. The fraction of sp³-hybridized carbons (Fsp3) is 0.762. The number of Topliss-reactive ketones (excluding diaryl/α,β-unsaturated/α-hetero) is 1. The van der Waals surface area contributed by atoms with Gasteiger partial charge in [-0.2, -0.15) is 0 Å². The van der Waals surface area contributed by atoms with E-state index in [1.54, 1.807) is 0 Å². The van der Waals surface area contributed by atoms with E-state index in [1.165, 1.54) is 6.08 Å². The average molecular weight is 410 g/mol. The van der Waals surface area contributed by atoms with Crippen LogP contribution in [0, 0.1) is 11.3 Å². The first kappa shape index (κ1) is 22.8. The number of ketones is 1. The lowest BCUT2D eigenvalue weighted by Crippen LogP contribution is -2.73. The molecule has 158 valence electrons. The number of rotatable bonds is 7. The van der Waals surface area contributed by atoms with Crippen molar-refractivity contribution in [2.45, 2.75) is 83.7 Å². The van der Waals surface area contributed by atoms with E-state index in [9.17, 15) is 14.4 Å². The molecule has 0 spiro atoms. The standard InChI is InChI=1S/C21H35NO5Si/c1-8-13-26-19(25)21(12-10-9-11-15(21)23)17-16(18(24)22-17)14(2)27-28(6,7)20(3,4)5/h8,14,16-17H,1,9-13H2,2-7H3,(H,22,24)/t14-,16-,17+,21-/m1/s1. The quantitative estimate of drug-likeness (QED) is 0.229. The Morgan fingerprint density at radius 2 is 2.00 bits per heavy atom. The van der Waals surface area contributed by atoms with E-state index in [0.717, 1.165) is 12.8 Å². The SMILES string of the molecule is C=CCOC(=O)[C@]1([C@H]2NC(=O)[C@@H]2[C@@H](C)O[Si](C)(C)C(C)(C)C)CCCCC1=O. The monoisotopic (exact) mass is 409 g/mol. The third kappa shape index (κ3) is 3.96. The maximum atomic E-state index is 13.0. The molecule has 2 aliphatic rings. The van der Waals surface area contributed by atoms with Gasteiger partial charge in [0.05, 0.1) is 18.1 Å². The molecule has 0 aromatic rings. The Morgan fingerprint density at radius 1 is 1.36 bits per heavy atom. The van der Waals surface area contributed by atoms with Crippen molar-refractivity contribution in [3.05, 3.63) is 12.7 Å². The van der Waals surface area contributed by atoms with Crippen LogP contribution in [0.4, 0.5) is 0 Å². The molecule has 2 fully saturated rings. The van der Waals surface area contributed by atoms with E-state index in [1.807, 2.05) is 6.92 Å². The van der Waals surface area contributed by atoms with Crippen LogP contribution in [0.25, 0.3) is 0 Å². The number of ether oxygens (including phenoxy) is 1. The normalized spacial score (nSPS) is 29.5. The van der Waals surface area contributed by atoms with Crippen molar-refractivity contribution in [2.24, 2.45) is 11.3 Å². The van der Waals surface area contributed by atoms with Crippen molar-refractivity contribution in [1.82, 2.24) is 5.32 Å². The molecule has 1 saturated heterocycles. The molecular weight excluding hydrogens is 374 g/mol. The fourth-order valence-electron chi connectivity index (χ4n) is 4.01. The van der Waals surface area contributed by atoms with Crippen LogP contribution in [-0.2, 0) is 23.5 Å². The van der Waals surface area contributed by atoms with Gasteiger partial charge in [0.2, 0.25) is 5.91 Å². The summed E-state index contributed by atoms with van der Waals surface area (Å²) >= 11 is 0. The minimum Gasteiger partial charge on any atom is -0.461 e. The second-order valence-electron chi connectivity index (χ2n) is 9.58.